The number of alkyl halides is 1. The number of non-ortho nitro benzene ring substituents is 1. The molecule has 0 bridgehead atoms. The Labute approximate surface area is 161 Å². The number of nitro benzene ring substituents is 1. The lowest BCUT2D eigenvalue weighted by Crippen LogP contribution is -2.34. The smallest absolute Gasteiger partial charge is 0.337 e. The summed E-state index contributed by atoms with van der Waals surface area (Å²) < 4.78 is 23.8. The van der Waals surface area contributed by atoms with Crippen LogP contribution in [0.2, 0.25) is 0 Å². The van der Waals surface area contributed by atoms with Gasteiger partial charge in [-0.1, -0.05) is 12.1 Å². The normalized spacial score (nSPS) is 16.7. The zero-order valence-corrected chi connectivity index (χ0v) is 15.9. The highest BCUT2D eigenvalue weighted by atomic mass is 19.1. The summed E-state index contributed by atoms with van der Waals surface area (Å²) in [6.07, 6.45) is -0.486. The third-order valence-electron chi connectivity index (χ3n) is 4.16. The van der Waals surface area contributed by atoms with Crippen LogP contribution >= 0.6 is 0 Å². The maximum absolute atomic E-state index is 13.7. The molecule has 1 aromatic carbocycles. The zero-order chi connectivity index (χ0) is 21.0. The van der Waals surface area contributed by atoms with E-state index >= 15 is 0 Å². The lowest BCUT2D eigenvalue weighted by Gasteiger charge is -2.30. The Morgan fingerprint density at radius 3 is 2.50 bits per heavy atom. The Morgan fingerprint density at radius 1 is 1.29 bits per heavy atom. The number of nitro groups is 1. The van der Waals surface area contributed by atoms with Crippen LogP contribution in [-0.2, 0) is 19.1 Å². The van der Waals surface area contributed by atoms with Crippen molar-refractivity contribution in [1.29, 1.82) is 0 Å². The second-order valence-electron chi connectivity index (χ2n) is 6.42. The standard InChI is InChI=1S/C19H21FN2O6/c1-10(2)28-19(24)17-14(9-20)21-11(3)15(18(23)27-4)16(17)12-6-5-7-13(8-12)22(25)26/h5-8,10,16,21H,9H2,1-4H3. The van der Waals surface area contributed by atoms with Crippen molar-refractivity contribution in [1.82, 2.24) is 5.32 Å². The molecule has 2 rings (SSSR count). The lowest BCUT2D eigenvalue weighted by atomic mass is 9.80. The first-order valence-corrected chi connectivity index (χ1v) is 8.51. The molecule has 1 N–H and O–H groups in total. The number of esters is 2. The van der Waals surface area contributed by atoms with Crippen LogP contribution in [0.1, 0.15) is 32.3 Å². The summed E-state index contributed by atoms with van der Waals surface area (Å²) in [6, 6.07) is 5.48. The Balaban J connectivity index is 2.74. The summed E-state index contributed by atoms with van der Waals surface area (Å²) in [4.78, 5) is 35.8. The molecule has 1 atom stereocenters. The van der Waals surface area contributed by atoms with Gasteiger partial charge in [-0.25, -0.2) is 14.0 Å². The third-order valence-corrected chi connectivity index (χ3v) is 4.16. The van der Waals surface area contributed by atoms with Crippen molar-refractivity contribution in [2.45, 2.75) is 32.8 Å². The molecule has 9 heteroatoms. The van der Waals surface area contributed by atoms with Crippen LogP contribution in [0, 0.1) is 10.1 Å². The minimum absolute atomic E-state index is 0.0518. The number of hydrogen-bond acceptors (Lipinski definition) is 7. The SMILES string of the molecule is COC(=O)C1=C(C)NC(CF)=C(C(=O)OC(C)C)C1c1cccc([N+](=O)[O-])c1. The first-order chi connectivity index (χ1) is 13.2. The van der Waals surface area contributed by atoms with Crippen LogP contribution in [0.25, 0.3) is 0 Å². The number of nitrogens with one attached hydrogen (secondary N) is 1. The molecule has 0 saturated carbocycles. The van der Waals surface area contributed by atoms with E-state index in [4.69, 9.17) is 9.47 Å². The van der Waals surface area contributed by atoms with Gasteiger partial charge in [0.15, 0.2) is 0 Å². The summed E-state index contributed by atoms with van der Waals surface area (Å²) in [5.74, 6) is -2.64. The number of benzene rings is 1. The monoisotopic (exact) mass is 392 g/mol. The molecule has 0 fully saturated rings. The van der Waals surface area contributed by atoms with Crippen LogP contribution in [0.4, 0.5) is 10.1 Å². The van der Waals surface area contributed by atoms with Crippen LogP contribution in [0.5, 0.6) is 0 Å². The lowest BCUT2D eigenvalue weighted by molar-refractivity contribution is -0.384. The number of dihydropyridines is 1. The second kappa shape index (κ2) is 8.64. The quantitative estimate of drug-likeness (QED) is 0.450. The minimum atomic E-state index is -1.08. The predicted octanol–water partition coefficient (Wildman–Crippen LogP) is 2.90. The fraction of sp³-hybridized carbons (Fsp3) is 0.368. The summed E-state index contributed by atoms with van der Waals surface area (Å²) in [7, 11) is 1.17. The van der Waals surface area contributed by atoms with Crippen LogP contribution in [0.15, 0.2) is 46.8 Å². The minimum Gasteiger partial charge on any atom is -0.466 e. The van der Waals surface area contributed by atoms with E-state index < -0.39 is 35.6 Å². The van der Waals surface area contributed by atoms with Gasteiger partial charge in [-0.05, 0) is 26.3 Å². The van der Waals surface area contributed by atoms with Crippen LogP contribution < -0.4 is 5.32 Å². The van der Waals surface area contributed by atoms with Gasteiger partial charge in [0.25, 0.3) is 5.69 Å². The average Bonchev–Trinajstić information content (AvgIpc) is 2.65. The molecule has 0 spiro atoms. The van der Waals surface area contributed by atoms with Gasteiger partial charge in [0.1, 0.15) is 6.67 Å². The first kappa shape index (κ1) is 21.1. The molecule has 1 heterocycles. The van der Waals surface area contributed by atoms with Gasteiger partial charge in [-0.3, -0.25) is 10.1 Å². The van der Waals surface area contributed by atoms with E-state index in [1.54, 1.807) is 13.8 Å². The van der Waals surface area contributed by atoms with Gasteiger partial charge in [0.2, 0.25) is 0 Å². The zero-order valence-electron chi connectivity index (χ0n) is 15.9. The van der Waals surface area contributed by atoms with E-state index in [0.717, 1.165) is 0 Å². The third kappa shape index (κ3) is 4.19. The van der Waals surface area contributed by atoms with Crippen LogP contribution in [-0.4, -0.2) is 36.8 Å². The molecular weight excluding hydrogens is 371 g/mol. The highest BCUT2D eigenvalue weighted by molar-refractivity contribution is 6.00. The van der Waals surface area contributed by atoms with E-state index in [2.05, 4.69) is 5.32 Å². The highest BCUT2D eigenvalue weighted by Gasteiger charge is 2.39. The molecule has 1 aliphatic heterocycles. The largest absolute Gasteiger partial charge is 0.466 e. The fourth-order valence-electron chi connectivity index (χ4n) is 3.05. The molecule has 28 heavy (non-hydrogen) atoms. The Morgan fingerprint density at radius 2 is 1.96 bits per heavy atom. The summed E-state index contributed by atoms with van der Waals surface area (Å²) in [5.41, 5.74) is 0.205. The summed E-state index contributed by atoms with van der Waals surface area (Å²) >= 11 is 0. The van der Waals surface area contributed by atoms with Crippen molar-refractivity contribution in [3.05, 3.63) is 62.5 Å². The molecule has 0 aromatic heterocycles. The van der Waals surface area contributed by atoms with Gasteiger partial charge in [-0.15, -0.1) is 0 Å². The number of halogens is 1. The van der Waals surface area contributed by atoms with Crippen molar-refractivity contribution in [2.75, 3.05) is 13.8 Å². The molecule has 150 valence electrons. The molecule has 0 amide bonds. The molecular formula is C19H21FN2O6. The number of allylic oxidation sites excluding steroid dienone is 2. The van der Waals surface area contributed by atoms with E-state index in [0.29, 0.717) is 0 Å². The molecule has 1 aromatic rings. The Hall–Kier alpha value is -3.23. The van der Waals surface area contributed by atoms with Crippen molar-refractivity contribution in [2.24, 2.45) is 0 Å². The number of carbonyl (C=O) groups is 2. The van der Waals surface area contributed by atoms with Gasteiger partial charge < -0.3 is 14.8 Å². The number of rotatable bonds is 6. The summed E-state index contributed by atoms with van der Waals surface area (Å²) in [5, 5.41) is 13.9. The van der Waals surface area contributed by atoms with Crippen molar-refractivity contribution < 1.29 is 28.4 Å². The molecule has 0 radical (unpaired) electrons. The number of ether oxygens (including phenoxy) is 2. The van der Waals surface area contributed by atoms with Crippen molar-refractivity contribution >= 4 is 17.6 Å². The van der Waals surface area contributed by atoms with E-state index in [-0.39, 0.29) is 33.8 Å². The highest BCUT2D eigenvalue weighted by Crippen LogP contribution is 2.40. The van der Waals surface area contributed by atoms with Gasteiger partial charge in [0, 0.05) is 17.8 Å². The van der Waals surface area contributed by atoms with Crippen molar-refractivity contribution in [3.63, 3.8) is 0 Å². The van der Waals surface area contributed by atoms with E-state index in [9.17, 15) is 24.1 Å². The average molecular weight is 392 g/mol. The molecule has 1 aliphatic rings. The molecule has 1 unspecified atom stereocenters. The van der Waals surface area contributed by atoms with Gasteiger partial charge in [-0.2, -0.15) is 0 Å². The number of nitrogens with zero attached hydrogens (tertiary/aromatic N) is 1. The number of hydrogen-bond donors (Lipinski definition) is 1. The predicted molar refractivity (Wildman–Crippen MR) is 97.9 cm³/mol. The second-order valence-corrected chi connectivity index (χ2v) is 6.42. The topological polar surface area (TPSA) is 108 Å². The summed E-state index contributed by atoms with van der Waals surface area (Å²) in [6.45, 7) is 3.79. The molecule has 0 saturated heterocycles. The Kier molecular flexibility index (Phi) is 6.50. The number of methoxy groups -OCH3 is 1. The molecule has 0 aliphatic carbocycles. The van der Waals surface area contributed by atoms with Crippen LogP contribution in [0.3, 0.4) is 0 Å². The fourth-order valence-corrected chi connectivity index (χ4v) is 3.05. The first-order valence-electron chi connectivity index (χ1n) is 8.51. The van der Waals surface area contributed by atoms with E-state index in [1.165, 1.54) is 38.3 Å². The van der Waals surface area contributed by atoms with Crippen molar-refractivity contribution in [3.8, 4) is 0 Å². The van der Waals surface area contributed by atoms with Gasteiger partial charge >= 0.3 is 11.9 Å². The Bertz CT molecular complexity index is 875. The molecule has 8 nitrogen and oxygen atoms in total. The maximum Gasteiger partial charge on any atom is 0.337 e. The maximum atomic E-state index is 13.7. The number of carbonyl (C=O) groups excluding carboxylic acids is 2. The van der Waals surface area contributed by atoms with E-state index in [1.807, 2.05) is 0 Å². The van der Waals surface area contributed by atoms with Gasteiger partial charge in [0.05, 0.1) is 40.9 Å².